The molecular formula is C17H24N2O. The van der Waals surface area contributed by atoms with Gasteiger partial charge in [-0.05, 0) is 50.2 Å². The van der Waals surface area contributed by atoms with Crippen LogP contribution in [0.1, 0.15) is 49.8 Å². The van der Waals surface area contributed by atoms with Gasteiger partial charge in [-0.15, -0.1) is 0 Å². The molecule has 1 saturated heterocycles. The molecule has 20 heavy (non-hydrogen) atoms. The number of aryl methyl sites for hydroxylation is 1. The van der Waals surface area contributed by atoms with E-state index >= 15 is 0 Å². The van der Waals surface area contributed by atoms with Crippen LogP contribution < -0.4 is 5.32 Å². The normalized spacial score (nSPS) is 23.4. The molecule has 1 aromatic carbocycles. The second-order valence-corrected chi connectivity index (χ2v) is 6.06. The van der Waals surface area contributed by atoms with Gasteiger partial charge in [-0.2, -0.15) is 0 Å². The zero-order valence-corrected chi connectivity index (χ0v) is 12.3. The van der Waals surface area contributed by atoms with Crippen molar-refractivity contribution in [1.29, 1.82) is 0 Å². The highest BCUT2D eigenvalue weighted by molar-refractivity contribution is 5.81. The molecule has 1 amide bonds. The van der Waals surface area contributed by atoms with E-state index in [1.807, 2.05) is 11.8 Å². The van der Waals surface area contributed by atoms with Crippen LogP contribution in [0.4, 0.5) is 0 Å². The Labute approximate surface area is 121 Å². The molecule has 1 aliphatic carbocycles. The highest BCUT2D eigenvalue weighted by Gasteiger charge is 2.27. The topological polar surface area (TPSA) is 32.3 Å². The van der Waals surface area contributed by atoms with E-state index < -0.39 is 0 Å². The van der Waals surface area contributed by atoms with Gasteiger partial charge in [0.05, 0.1) is 6.04 Å². The van der Waals surface area contributed by atoms with Gasteiger partial charge in [0.25, 0.3) is 0 Å². The third-order valence-corrected chi connectivity index (χ3v) is 4.61. The lowest BCUT2D eigenvalue weighted by molar-refractivity contribution is -0.132. The van der Waals surface area contributed by atoms with Gasteiger partial charge in [0.2, 0.25) is 5.91 Å². The fraction of sp³-hybridized carbons (Fsp3) is 0.588. The highest BCUT2D eigenvalue weighted by atomic mass is 16.2. The molecule has 1 fully saturated rings. The maximum atomic E-state index is 12.4. The minimum Gasteiger partial charge on any atom is -0.341 e. The van der Waals surface area contributed by atoms with Crippen molar-refractivity contribution < 1.29 is 4.79 Å². The number of hydrogen-bond acceptors (Lipinski definition) is 2. The van der Waals surface area contributed by atoms with Crippen molar-refractivity contribution in [2.45, 2.75) is 51.1 Å². The van der Waals surface area contributed by atoms with Crippen LogP contribution in [-0.4, -0.2) is 29.9 Å². The summed E-state index contributed by atoms with van der Waals surface area (Å²) in [6, 6.07) is 8.90. The summed E-state index contributed by atoms with van der Waals surface area (Å²) in [4.78, 5) is 14.4. The number of carbonyl (C=O) groups excluding carboxylic acids is 1. The maximum absolute atomic E-state index is 12.4. The summed E-state index contributed by atoms with van der Waals surface area (Å²) < 4.78 is 0. The Morgan fingerprint density at radius 2 is 2.00 bits per heavy atom. The molecule has 2 aliphatic rings. The molecule has 1 heterocycles. The Bertz CT molecular complexity index is 480. The van der Waals surface area contributed by atoms with E-state index in [4.69, 9.17) is 0 Å². The number of benzene rings is 1. The Morgan fingerprint density at radius 1 is 1.25 bits per heavy atom. The number of nitrogens with one attached hydrogen (secondary N) is 1. The molecule has 0 bridgehead atoms. The Hall–Kier alpha value is -1.35. The molecule has 0 saturated carbocycles. The van der Waals surface area contributed by atoms with Gasteiger partial charge in [0.1, 0.15) is 0 Å². The molecule has 1 aliphatic heterocycles. The highest BCUT2D eigenvalue weighted by Crippen LogP contribution is 2.29. The van der Waals surface area contributed by atoms with Gasteiger partial charge in [-0.25, -0.2) is 0 Å². The summed E-state index contributed by atoms with van der Waals surface area (Å²) in [5.74, 6) is 0.269. The quantitative estimate of drug-likeness (QED) is 0.917. The molecule has 0 aromatic heterocycles. The largest absolute Gasteiger partial charge is 0.341 e. The van der Waals surface area contributed by atoms with Crippen LogP contribution in [-0.2, 0) is 11.2 Å². The van der Waals surface area contributed by atoms with Gasteiger partial charge in [-0.3, -0.25) is 10.1 Å². The smallest absolute Gasteiger partial charge is 0.239 e. The minimum atomic E-state index is -0.0794. The van der Waals surface area contributed by atoms with Crippen LogP contribution in [0.15, 0.2) is 24.3 Å². The Morgan fingerprint density at radius 3 is 2.80 bits per heavy atom. The van der Waals surface area contributed by atoms with Crippen LogP contribution in [0.3, 0.4) is 0 Å². The van der Waals surface area contributed by atoms with Crippen molar-refractivity contribution in [1.82, 2.24) is 10.2 Å². The summed E-state index contributed by atoms with van der Waals surface area (Å²) in [5.41, 5.74) is 2.83. The SMILES string of the molecule is CC(NC1CCCc2ccccc21)C(=O)N1CCCC1. The molecule has 2 atom stereocenters. The monoisotopic (exact) mass is 272 g/mol. The zero-order chi connectivity index (χ0) is 13.9. The summed E-state index contributed by atoms with van der Waals surface area (Å²) in [6.45, 7) is 3.89. The van der Waals surface area contributed by atoms with Gasteiger partial charge in [-0.1, -0.05) is 24.3 Å². The Balaban J connectivity index is 1.67. The number of nitrogens with zero attached hydrogens (tertiary/aromatic N) is 1. The van der Waals surface area contributed by atoms with Gasteiger partial charge in [0, 0.05) is 19.1 Å². The summed E-state index contributed by atoms with van der Waals surface area (Å²) >= 11 is 0. The van der Waals surface area contributed by atoms with Crippen molar-refractivity contribution in [3.63, 3.8) is 0 Å². The lowest BCUT2D eigenvalue weighted by Gasteiger charge is -2.30. The molecule has 1 N–H and O–H groups in total. The van der Waals surface area contributed by atoms with Crippen molar-refractivity contribution in [2.75, 3.05) is 13.1 Å². The summed E-state index contributed by atoms with van der Waals surface area (Å²) in [5, 5.41) is 3.56. The first-order valence-corrected chi connectivity index (χ1v) is 7.88. The van der Waals surface area contributed by atoms with Crippen LogP contribution in [0, 0.1) is 0 Å². The fourth-order valence-electron chi connectivity index (χ4n) is 3.51. The molecule has 1 aromatic rings. The van der Waals surface area contributed by atoms with Crippen molar-refractivity contribution in [3.8, 4) is 0 Å². The molecule has 0 spiro atoms. The predicted octanol–water partition coefficient (Wildman–Crippen LogP) is 2.66. The van der Waals surface area contributed by atoms with Crippen molar-refractivity contribution in [3.05, 3.63) is 35.4 Å². The zero-order valence-electron chi connectivity index (χ0n) is 12.3. The van der Waals surface area contributed by atoms with Crippen LogP contribution in [0.2, 0.25) is 0 Å². The number of rotatable bonds is 3. The Kier molecular flexibility index (Phi) is 4.06. The first-order valence-electron chi connectivity index (χ1n) is 7.88. The lowest BCUT2D eigenvalue weighted by atomic mass is 9.87. The van der Waals surface area contributed by atoms with Gasteiger partial charge >= 0.3 is 0 Å². The first kappa shape index (κ1) is 13.6. The number of fused-ring (bicyclic) bond motifs is 1. The van der Waals surface area contributed by atoms with E-state index in [1.54, 1.807) is 0 Å². The number of amides is 1. The van der Waals surface area contributed by atoms with E-state index in [0.29, 0.717) is 6.04 Å². The molecule has 0 radical (unpaired) electrons. The first-order chi connectivity index (χ1) is 9.75. The van der Waals surface area contributed by atoms with Gasteiger partial charge < -0.3 is 4.90 Å². The van der Waals surface area contributed by atoms with Gasteiger partial charge in [0.15, 0.2) is 0 Å². The number of carbonyl (C=O) groups is 1. The number of hydrogen-bond donors (Lipinski definition) is 1. The average molecular weight is 272 g/mol. The van der Waals surface area contributed by atoms with Crippen LogP contribution in [0.25, 0.3) is 0 Å². The second-order valence-electron chi connectivity index (χ2n) is 6.06. The lowest BCUT2D eigenvalue weighted by Crippen LogP contribution is -2.45. The third kappa shape index (κ3) is 2.73. The molecule has 3 heteroatoms. The molecule has 108 valence electrons. The van der Waals surface area contributed by atoms with E-state index in [2.05, 4.69) is 29.6 Å². The average Bonchev–Trinajstić information content (AvgIpc) is 3.01. The second kappa shape index (κ2) is 5.96. The third-order valence-electron chi connectivity index (χ3n) is 4.61. The van der Waals surface area contributed by atoms with Crippen molar-refractivity contribution in [2.24, 2.45) is 0 Å². The predicted molar refractivity (Wildman–Crippen MR) is 80.5 cm³/mol. The molecule has 3 nitrogen and oxygen atoms in total. The van der Waals surface area contributed by atoms with Crippen LogP contribution >= 0.6 is 0 Å². The standard InChI is InChI=1S/C17H24N2O/c1-13(17(20)19-11-4-5-12-19)18-16-10-6-8-14-7-2-3-9-15(14)16/h2-3,7,9,13,16,18H,4-6,8,10-12H2,1H3. The fourth-order valence-corrected chi connectivity index (χ4v) is 3.51. The van der Waals surface area contributed by atoms with E-state index in [0.717, 1.165) is 32.4 Å². The van der Waals surface area contributed by atoms with E-state index in [9.17, 15) is 4.79 Å². The molecular weight excluding hydrogens is 248 g/mol. The maximum Gasteiger partial charge on any atom is 0.239 e. The van der Waals surface area contributed by atoms with Crippen LogP contribution in [0.5, 0.6) is 0 Å². The summed E-state index contributed by atoms with van der Waals surface area (Å²) in [7, 11) is 0. The number of likely N-dealkylation sites (tertiary alicyclic amines) is 1. The van der Waals surface area contributed by atoms with Crippen molar-refractivity contribution >= 4 is 5.91 Å². The molecule has 3 rings (SSSR count). The molecule has 2 unspecified atom stereocenters. The van der Waals surface area contributed by atoms with E-state index in [1.165, 1.54) is 24.0 Å². The minimum absolute atomic E-state index is 0.0794. The summed E-state index contributed by atoms with van der Waals surface area (Å²) in [6.07, 6.45) is 5.83. The van der Waals surface area contributed by atoms with E-state index in [-0.39, 0.29) is 11.9 Å².